The molecule has 0 spiro atoms. The molecule has 3 N–H and O–H groups in total. The summed E-state index contributed by atoms with van der Waals surface area (Å²) < 4.78 is 20.1. The highest BCUT2D eigenvalue weighted by molar-refractivity contribution is 5.93. The van der Waals surface area contributed by atoms with Gasteiger partial charge in [-0.3, -0.25) is 9.79 Å². The minimum Gasteiger partial charge on any atom is -0.392 e. The van der Waals surface area contributed by atoms with Crippen molar-refractivity contribution in [3.63, 3.8) is 0 Å². The standard InChI is InChI=1S/C29H43FN4O4/c1-3-5-6-7-8-9-10-11-12-13-14-15-25(37)33-27-26-22(32-28(30)34-27)17-16-21(19-31-26)23-18-24(36)29(4-2,20-35)38-23/h2,19,21,23-24,35-36H,3,5-18,20H2,1H3,(H,32,33,34,37)/t21?,23-,24+,29-/m1/s1. The first kappa shape index (κ1) is 30.1. The molecule has 1 unspecified atom stereocenters. The van der Waals surface area contributed by atoms with E-state index in [2.05, 4.69) is 33.1 Å². The molecule has 0 saturated carbocycles. The maximum absolute atomic E-state index is 14.2. The Hall–Kier alpha value is -2.41. The Morgan fingerprint density at radius 1 is 1.16 bits per heavy atom. The fourth-order valence-corrected chi connectivity index (χ4v) is 5.23. The van der Waals surface area contributed by atoms with Gasteiger partial charge in [0.05, 0.1) is 24.5 Å². The van der Waals surface area contributed by atoms with Crippen LogP contribution in [0.25, 0.3) is 0 Å². The van der Waals surface area contributed by atoms with Crippen LogP contribution < -0.4 is 5.32 Å². The Bertz CT molecular complexity index is 982. The van der Waals surface area contributed by atoms with Crippen LogP contribution in [0.1, 0.15) is 103 Å². The first-order valence-corrected chi connectivity index (χ1v) is 14.3. The van der Waals surface area contributed by atoms with E-state index in [-0.39, 0.29) is 24.1 Å². The smallest absolute Gasteiger partial charge is 0.310 e. The quantitative estimate of drug-likeness (QED) is 0.166. The van der Waals surface area contributed by atoms with Gasteiger partial charge in [0, 0.05) is 25.0 Å². The van der Waals surface area contributed by atoms with Gasteiger partial charge < -0.3 is 20.3 Å². The molecule has 0 aromatic carbocycles. The zero-order chi connectivity index (χ0) is 27.4. The number of terminal acetylenes is 1. The van der Waals surface area contributed by atoms with E-state index in [4.69, 9.17) is 11.2 Å². The number of carbonyl (C=O) groups is 1. The number of nitrogens with zero attached hydrogens (tertiary/aromatic N) is 3. The lowest BCUT2D eigenvalue weighted by Gasteiger charge is -2.25. The van der Waals surface area contributed by atoms with E-state index in [9.17, 15) is 19.4 Å². The number of carbonyl (C=O) groups excluding carboxylic acids is 1. The van der Waals surface area contributed by atoms with Crippen LogP contribution in [0.4, 0.5) is 15.9 Å². The molecule has 1 amide bonds. The second-order valence-corrected chi connectivity index (χ2v) is 10.6. The molecule has 2 aliphatic rings. The van der Waals surface area contributed by atoms with E-state index < -0.39 is 30.5 Å². The van der Waals surface area contributed by atoms with E-state index >= 15 is 0 Å². The summed E-state index contributed by atoms with van der Waals surface area (Å²) in [5.74, 6) is 1.99. The van der Waals surface area contributed by atoms with Crippen molar-refractivity contribution >= 4 is 23.6 Å². The lowest BCUT2D eigenvalue weighted by molar-refractivity contribution is -0.116. The van der Waals surface area contributed by atoms with Crippen molar-refractivity contribution in [1.29, 1.82) is 0 Å². The predicted molar refractivity (Wildman–Crippen MR) is 146 cm³/mol. The SMILES string of the molecule is C#C[C@]1(CO)O[C@@H](C2C=Nc3c(nc(F)nc3NC(=O)CCCCCCCCCCCCC)CC2)C[C@@H]1O. The van der Waals surface area contributed by atoms with Gasteiger partial charge >= 0.3 is 6.08 Å². The minimum atomic E-state index is -1.43. The normalized spacial score (nSPS) is 24.6. The summed E-state index contributed by atoms with van der Waals surface area (Å²) in [4.78, 5) is 24.8. The molecule has 1 saturated heterocycles. The van der Waals surface area contributed by atoms with Crippen LogP contribution in [0.3, 0.4) is 0 Å². The van der Waals surface area contributed by atoms with E-state index in [1.165, 1.54) is 51.4 Å². The number of anilines is 1. The van der Waals surface area contributed by atoms with Crippen LogP contribution >= 0.6 is 0 Å². The average molecular weight is 531 g/mol. The summed E-state index contributed by atoms with van der Waals surface area (Å²) in [6, 6.07) is 0. The summed E-state index contributed by atoms with van der Waals surface area (Å²) in [5.41, 5.74) is -0.688. The van der Waals surface area contributed by atoms with Crippen molar-refractivity contribution in [3.05, 3.63) is 11.8 Å². The molecule has 0 radical (unpaired) electrons. The highest BCUT2D eigenvalue weighted by Gasteiger charge is 2.48. The minimum absolute atomic E-state index is 0.0678. The van der Waals surface area contributed by atoms with Crippen molar-refractivity contribution in [3.8, 4) is 12.3 Å². The summed E-state index contributed by atoms with van der Waals surface area (Å²) in [5, 5.41) is 22.7. The van der Waals surface area contributed by atoms with E-state index in [1.54, 1.807) is 6.21 Å². The average Bonchev–Trinajstić information content (AvgIpc) is 3.09. The van der Waals surface area contributed by atoms with Crippen molar-refractivity contribution in [2.45, 2.75) is 121 Å². The molecule has 2 aliphatic heterocycles. The van der Waals surface area contributed by atoms with Crippen molar-refractivity contribution in [2.24, 2.45) is 10.9 Å². The highest BCUT2D eigenvalue weighted by Crippen LogP contribution is 2.37. The number of rotatable bonds is 15. The number of aliphatic hydroxyl groups excluding tert-OH is 2. The molecule has 38 heavy (non-hydrogen) atoms. The molecule has 9 heteroatoms. The van der Waals surface area contributed by atoms with E-state index in [0.717, 1.165) is 19.3 Å². The zero-order valence-electron chi connectivity index (χ0n) is 22.6. The number of aryl methyl sites for hydroxylation is 1. The lowest BCUT2D eigenvalue weighted by Crippen LogP contribution is -2.42. The maximum Gasteiger partial charge on any atom is 0.310 e. The largest absolute Gasteiger partial charge is 0.392 e. The Kier molecular flexibility index (Phi) is 12.1. The molecule has 4 atom stereocenters. The number of hydrogen-bond acceptors (Lipinski definition) is 7. The molecule has 210 valence electrons. The first-order chi connectivity index (χ1) is 18.4. The van der Waals surface area contributed by atoms with Gasteiger partial charge in [-0.05, 0) is 19.3 Å². The summed E-state index contributed by atoms with van der Waals surface area (Å²) in [7, 11) is 0. The molecule has 1 aromatic heterocycles. The van der Waals surface area contributed by atoms with E-state index in [0.29, 0.717) is 30.6 Å². The number of aliphatic hydroxyl groups is 2. The van der Waals surface area contributed by atoms with Gasteiger partial charge in [-0.1, -0.05) is 77.1 Å². The van der Waals surface area contributed by atoms with Crippen LogP contribution in [0.2, 0.25) is 0 Å². The van der Waals surface area contributed by atoms with Gasteiger partial charge in [-0.25, -0.2) is 4.98 Å². The summed E-state index contributed by atoms with van der Waals surface area (Å²) >= 11 is 0. The van der Waals surface area contributed by atoms with Crippen LogP contribution in [0.15, 0.2) is 4.99 Å². The van der Waals surface area contributed by atoms with Gasteiger partial charge in [0.2, 0.25) is 5.91 Å². The molecule has 8 nitrogen and oxygen atoms in total. The highest BCUT2D eigenvalue weighted by atomic mass is 19.1. The molecular weight excluding hydrogens is 487 g/mol. The number of halogens is 1. The van der Waals surface area contributed by atoms with Gasteiger partial charge in [-0.15, -0.1) is 6.42 Å². The van der Waals surface area contributed by atoms with Crippen molar-refractivity contribution < 1.29 is 24.1 Å². The number of unbranched alkanes of at least 4 members (excludes halogenated alkanes) is 10. The second kappa shape index (κ2) is 15.2. The van der Waals surface area contributed by atoms with E-state index in [1.807, 2.05) is 0 Å². The number of aliphatic imine (C=N–C) groups is 1. The molecule has 1 aromatic rings. The fraction of sp³-hybridized carbons (Fsp3) is 0.724. The Labute approximate surface area is 225 Å². The number of nitrogens with one attached hydrogen (secondary N) is 1. The number of ether oxygens (including phenoxy) is 1. The third kappa shape index (κ3) is 8.29. The van der Waals surface area contributed by atoms with Crippen LogP contribution in [-0.4, -0.2) is 56.7 Å². The van der Waals surface area contributed by atoms with Gasteiger partial charge in [-0.2, -0.15) is 9.37 Å². The lowest BCUT2D eigenvalue weighted by atomic mass is 9.92. The van der Waals surface area contributed by atoms with Crippen LogP contribution in [0, 0.1) is 24.3 Å². The zero-order valence-corrected chi connectivity index (χ0v) is 22.6. The van der Waals surface area contributed by atoms with Crippen molar-refractivity contribution in [2.75, 3.05) is 11.9 Å². The Balaban J connectivity index is 1.47. The number of amides is 1. The predicted octanol–water partition coefficient (Wildman–Crippen LogP) is 5.03. The third-order valence-electron chi connectivity index (χ3n) is 7.62. The van der Waals surface area contributed by atoms with Gasteiger partial charge in [0.1, 0.15) is 5.69 Å². The van der Waals surface area contributed by atoms with Gasteiger partial charge in [0.25, 0.3) is 0 Å². The fourth-order valence-electron chi connectivity index (χ4n) is 5.23. The second-order valence-electron chi connectivity index (χ2n) is 10.6. The Morgan fingerprint density at radius 3 is 2.42 bits per heavy atom. The molecule has 3 heterocycles. The Morgan fingerprint density at radius 2 is 1.82 bits per heavy atom. The molecule has 0 bridgehead atoms. The van der Waals surface area contributed by atoms with Crippen molar-refractivity contribution in [1.82, 2.24) is 9.97 Å². The third-order valence-corrected chi connectivity index (χ3v) is 7.62. The topological polar surface area (TPSA) is 117 Å². The molecule has 0 aliphatic carbocycles. The summed E-state index contributed by atoms with van der Waals surface area (Å²) in [6.45, 7) is 1.74. The monoisotopic (exact) mass is 530 g/mol. The molecule has 1 fully saturated rings. The number of fused-ring (bicyclic) bond motifs is 1. The number of aromatic nitrogens is 2. The van der Waals surface area contributed by atoms with Crippen LogP contribution in [0.5, 0.6) is 0 Å². The van der Waals surface area contributed by atoms with Crippen LogP contribution in [-0.2, 0) is 16.0 Å². The number of hydrogen-bond donors (Lipinski definition) is 3. The molecule has 3 rings (SSSR count). The van der Waals surface area contributed by atoms with Gasteiger partial charge in [0.15, 0.2) is 11.4 Å². The molecular formula is C29H43FN4O4. The maximum atomic E-state index is 14.2. The first-order valence-electron chi connectivity index (χ1n) is 14.3. The summed E-state index contributed by atoms with van der Waals surface area (Å²) in [6.07, 6.45) is 19.5.